The van der Waals surface area contributed by atoms with Crippen LogP contribution in [0.3, 0.4) is 0 Å². The summed E-state index contributed by atoms with van der Waals surface area (Å²) >= 11 is 0. The fourth-order valence-corrected chi connectivity index (χ4v) is 2.09. The molecule has 124 valence electrons. The zero-order chi connectivity index (χ0) is 15.6. The van der Waals surface area contributed by atoms with E-state index in [2.05, 4.69) is 10.1 Å². The van der Waals surface area contributed by atoms with Crippen LogP contribution in [0.5, 0.6) is 17.2 Å². The molecule has 0 aliphatic carbocycles. The van der Waals surface area contributed by atoms with E-state index >= 15 is 0 Å². The minimum atomic E-state index is -3.28. The molecular formula is C13H16ClF2NO5. The summed E-state index contributed by atoms with van der Waals surface area (Å²) in [6.07, 6.45) is -0.914. The lowest BCUT2D eigenvalue weighted by Crippen LogP contribution is -2.49. The molecule has 1 amide bonds. The number of alkyl halides is 2. The molecule has 2 rings (SSSR count). The number of carbonyl (C=O) groups excluding carboxylic acids is 1. The van der Waals surface area contributed by atoms with Crippen LogP contribution < -0.4 is 19.5 Å². The second kappa shape index (κ2) is 6.87. The van der Waals surface area contributed by atoms with Crippen molar-refractivity contribution in [3.63, 3.8) is 0 Å². The van der Waals surface area contributed by atoms with Gasteiger partial charge in [0.05, 0.1) is 21.3 Å². The largest absolute Gasteiger partial charge is 0.496 e. The highest BCUT2D eigenvalue weighted by molar-refractivity contribution is 5.85. The molecule has 6 nitrogen and oxygen atoms in total. The van der Waals surface area contributed by atoms with Crippen molar-refractivity contribution in [2.75, 3.05) is 27.9 Å². The highest BCUT2D eigenvalue weighted by Crippen LogP contribution is 2.43. The van der Waals surface area contributed by atoms with Crippen molar-refractivity contribution in [2.24, 2.45) is 0 Å². The summed E-state index contributed by atoms with van der Waals surface area (Å²) in [7, 11) is 4.14. The first-order chi connectivity index (χ1) is 9.92. The zero-order valence-corrected chi connectivity index (χ0v) is 13.0. The average molecular weight is 340 g/mol. The first-order valence-corrected chi connectivity index (χ1v) is 6.04. The topological polar surface area (TPSA) is 66.0 Å². The van der Waals surface area contributed by atoms with E-state index in [4.69, 9.17) is 14.2 Å². The van der Waals surface area contributed by atoms with Gasteiger partial charge in [-0.05, 0) is 6.07 Å². The monoisotopic (exact) mass is 339 g/mol. The van der Waals surface area contributed by atoms with Gasteiger partial charge < -0.3 is 24.3 Å². The average Bonchev–Trinajstić information content (AvgIpc) is 2.48. The zero-order valence-electron chi connectivity index (χ0n) is 12.1. The Morgan fingerprint density at radius 2 is 1.68 bits per heavy atom. The second-order valence-electron chi connectivity index (χ2n) is 4.36. The van der Waals surface area contributed by atoms with Gasteiger partial charge in [0.1, 0.15) is 11.8 Å². The maximum Gasteiger partial charge on any atom is 0.408 e. The van der Waals surface area contributed by atoms with Crippen LogP contribution in [0, 0.1) is 0 Å². The number of amides is 1. The maximum atomic E-state index is 14.0. The maximum absolute atomic E-state index is 14.0. The molecule has 9 heteroatoms. The standard InChI is InChI=1S/C13H15F2NO5.ClH/c1-18-8-5-10(20-3)9(19-2)4-7(8)11-13(14,15)6-21-12(17)16-11;/h4-5,11H,6H2,1-3H3,(H,16,17);1H/t11-;/m0./s1. The minimum absolute atomic E-state index is 0. The first-order valence-electron chi connectivity index (χ1n) is 6.04. The predicted molar refractivity (Wildman–Crippen MR) is 75.5 cm³/mol. The van der Waals surface area contributed by atoms with Crippen LogP contribution in [-0.4, -0.2) is 40.0 Å². The van der Waals surface area contributed by atoms with Gasteiger partial charge in [-0.15, -0.1) is 12.4 Å². The number of hydrogen-bond acceptors (Lipinski definition) is 5. The van der Waals surface area contributed by atoms with Crippen molar-refractivity contribution in [1.82, 2.24) is 5.32 Å². The van der Waals surface area contributed by atoms with Crippen LogP contribution in [0.4, 0.5) is 13.6 Å². The third kappa shape index (κ3) is 3.27. The van der Waals surface area contributed by atoms with Gasteiger partial charge in [0.2, 0.25) is 0 Å². The van der Waals surface area contributed by atoms with Crippen molar-refractivity contribution >= 4 is 18.5 Å². The van der Waals surface area contributed by atoms with E-state index in [1.807, 2.05) is 0 Å². The molecule has 1 aromatic rings. The van der Waals surface area contributed by atoms with Crippen molar-refractivity contribution in [2.45, 2.75) is 12.0 Å². The molecule has 0 bridgehead atoms. The molecule has 0 spiro atoms. The van der Waals surface area contributed by atoms with Crippen molar-refractivity contribution < 1.29 is 32.5 Å². The number of halogens is 3. The van der Waals surface area contributed by atoms with Crippen LogP contribution in [0.2, 0.25) is 0 Å². The Labute approximate surface area is 132 Å². The lowest BCUT2D eigenvalue weighted by Gasteiger charge is -2.32. The Hall–Kier alpha value is -1.96. The third-order valence-electron chi connectivity index (χ3n) is 3.13. The molecule has 1 fully saturated rings. The quantitative estimate of drug-likeness (QED) is 0.913. The highest BCUT2D eigenvalue weighted by Gasteiger charge is 2.48. The molecule has 1 aliphatic heterocycles. The van der Waals surface area contributed by atoms with Gasteiger partial charge in [-0.2, -0.15) is 0 Å². The van der Waals surface area contributed by atoms with Crippen molar-refractivity contribution in [3.05, 3.63) is 17.7 Å². The number of alkyl carbamates (subject to hydrolysis) is 1. The smallest absolute Gasteiger partial charge is 0.408 e. The van der Waals surface area contributed by atoms with E-state index in [1.54, 1.807) is 0 Å². The van der Waals surface area contributed by atoms with Crippen LogP contribution in [0.15, 0.2) is 12.1 Å². The number of cyclic esters (lactones) is 1. The molecule has 0 saturated carbocycles. The Bertz CT molecular complexity index is 555. The van der Waals surface area contributed by atoms with Crippen LogP contribution in [0.1, 0.15) is 11.6 Å². The summed E-state index contributed by atoms with van der Waals surface area (Å²) in [5.41, 5.74) is 0.0804. The molecule has 0 aromatic heterocycles. The van der Waals surface area contributed by atoms with Gasteiger partial charge >= 0.3 is 12.0 Å². The molecule has 0 radical (unpaired) electrons. The Morgan fingerprint density at radius 3 is 2.23 bits per heavy atom. The van der Waals surface area contributed by atoms with E-state index in [9.17, 15) is 13.6 Å². The summed E-state index contributed by atoms with van der Waals surface area (Å²) in [4.78, 5) is 11.2. The Morgan fingerprint density at radius 1 is 1.14 bits per heavy atom. The third-order valence-corrected chi connectivity index (χ3v) is 3.13. The SMILES string of the molecule is COc1cc(OC)c([C@@H]2NC(=O)OCC2(F)F)cc1OC.Cl. The summed E-state index contributed by atoms with van der Waals surface area (Å²) in [5.74, 6) is -2.54. The highest BCUT2D eigenvalue weighted by atomic mass is 35.5. The molecular weight excluding hydrogens is 324 g/mol. The fraction of sp³-hybridized carbons (Fsp3) is 0.462. The number of ether oxygens (including phenoxy) is 4. The molecule has 1 aliphatic rings. The molecule has 1 aromatic carbocycles. The van der Waals surface area contributed by atoms with E-state index in [-0.39, 0.29) is 29.5 Å². The van der Waals surface area contributed by atoms with Gasteiger partial charge in [-0.25, -0.2) is 13.6 Å². The summed E-state index contributed by atoms with van der Waals surface area (Å²) < 4.78 is 47.6. The molecule has 1 saturated heterocycles. The van der Waals surface area contributed by atoms with E-state index in [0.29, 0.717) is 5.75 Å². The van der Waals surface area contributed by atoms with Crippen LogP contribution in [0.25, 0.3) is 0 Å². The van der Waals surface area contributed by atoms with Crippen molar-refractivity contribution in [1.29, 1.82) is 0 Å². The lowest BCUT2D eigenvalue weighted by molar-refractivity contribution is -0.104. The first kappa shape index (κ1) is 18.1. The summed E-state index contributed by atoms with van der Waals surface area (Å²) in [6, 6.07) is 1.20. The Balaban J connectivity index is 0.00000242. The number of methoxy groups -OCH3 is 3. The number of hydrogen-bond donors (Lipinski definition) is 1. The number of carbonyl (C=O) groups is 1. The normalized spacial score (nSPS) is 19.3. The summed E-state index contributed by atoms with van der Waals surface area (Å²) in [5, 5.41) is 2.10. The van der Waals surface area contributed by atoms with Crippen LogP contribution in [-0.2, 0) is 4.74 Å². The second-order valence-corrected chi connectivity index (χ2v) is 4.36. The van der Waals surface area contributed by atoms with E-state index in [1.165, 1.54) is 33.5 Å². The number of benzene rings is 1. The van der Waals surface area contributed by atoms with E-state index in [0.717, 1.165) is 0 Å². The molecule has 22 heavy (non-hydrogen) atoms. The van der Waals surface area contributed by atoms with Gasteiger partial charge in [0.15, 0.2) is 18.1 Å². The fourth-order valence-electron chi connectivity index (χ4n) is 2.09. The van der Waals surface area contributed by atoms with Crippen LogP contribution >= 0.6 is 12.4 Å². The van der Waals surface area contributed by atoms with Crippen molar-refractivity contribution in [3.8, 4) is 17.2 Å². The van der Waals surface area contributed by atoms with E-state index < -0.39 is 24.7 Å². The molecule has 1 atom stereocenters. The molecule has 1 N–H and O–H groups in total. The molecule has 0 unspecified atom stereocenters. The van der Waals surface area contributed by atoms with Gasteiger partial charge in [-0.1, -0.05) is 0 Å². The van der Waals surface area contributed by atoms with Gasteiger partial charge in [0.25, 0.3) is 0 Å². The van der Waals surface area contributed by atoms with Gasteiger partial charge in [-0.3, -0.25) is 0 Å². The number of nitrogens with one attached hydrogen (secondary N) is 1. The summed E-state index contributed by atoms with van der Waals surface area (Å²) in [6.45, 7) is -0.999. The predicted octanol–water partition coefficient (Wildman–Crippen LogP) is 2.55. The Kier molecular flexibility index (Phi) is 5.65. The minimum Gasteiger partial charge on any atom is -0.496 e. The molecule has 1 heterocycles. The number of rotatable bonds is 4. The van der Waals surface area contributed by atoms with Gasteiger partial charge in [0, 0.05) is 11.6 Å². The lowest BCUT2D eigenvalue weighted by atomic mass is 9.98.